The molecule has 2 N–H and O–H groups in total. The first-order chi connectivity index (χ1) is 8.63. The predicted octanol–water partition coefficient (Wildman–Crippen LogP) is 1.65. The fraction of sp³-hybridized carbons (Fsp3) is 0.692. The standard InChI is InChI=1S/C13H22N4O/c1-3-10-5-4-7-17(8-6-10)13(18)12-11(14)9-15-16(12)2/h9-10H,3-8,14H2,1-2H3. The third-order valence-electron chi connectivity index (χ3n) is 3.88. The molecule has 2 heterocycles. The van der Waals surface area contributed by atoms with E-state index in [1.807, 2.05) is 4.90 Å². The molecular formula is C13H22N4O. The summed E-state index contributed by atoms with van der Waals surface area (Å²) >= 11 is 0. The van der Waals surface area contributed by atoms with Crippen LogP contribution in [-0.2, 0) is 7.05 Å². The van der Waals surface area contributed by atoms with E-state index in [0.717, 1.165) is 31.8 Å². The van der Waals surface area contributed by atoms with Gasteiger partial charge in [0.05, 0.1) is 11.9 Å². The molecule has 100 valence electrons. The average Bonchev–Trinajstić information content (AvgIpc) is 2.58. The lowest BCUT2D eigenvalue weighted by Crippen LogP contribution is -2.33. The maximum absolute atomic E-state index is 12.4. The number of hydrogen-bond donors (Lipinski definition) is 1. The molecule has 1 aliphatic heterocycles. The number of nitrogen functional groups attached to an aromatic ring is 1. The van der Waals surface area contributed by atoms with Gasteiger partial charge in [-0.15, -0.1) is 0 Å². The zero-order valence-electron chi connectivity index (χ0n) is 11.2. The van der Waals surface area contributed by atoms with Gasteiger partial charge in [-0.05, 0) is 25.2 Å². The van der Waals surface area contributed by atoms with Crippen LogP contribution in [0.4, 0.5) is 5.69 Å². The number of aromatic nitrogens is 2. The van der Waals surface area contributed by atoms with Gasteiger partial charge < -0.3 is 10.6 Å². The summed E-state index contributed by atoms with van der Waals surface area (Å²) in [6, 6.07) is 0. The Kier molecular flexibility index (Phi) is 3.89. The van der Waals surface area contributed by atoms with Gasteiger partial charge in [-0.2, -0.15) is 5.10 Å². The van der Waals surface area contributed by atoms with E-state index in [-0.39, 0.29) is 5.91 Å². The minimum atomic E-state index is 0.0178. The lowest BCUT2D eigenvalue weighted by molar-refractivity contribution is 0.0750. The van der Waals surface area contributed by atoms with Crippen molar-refractivity contribution in [2.24, 2.45) is 13.0 Å². The van der Waals surface area contributed by atoms with E-state index < -0.39 is 0 Å². The van der Waals surface area contributed by atoms with Gasteiger partial charge in [0.15, 0.2) is 0 Å². The highest BCUT2D eigenvalue weighted by Crippen LogP contribution is 2.22. The summed E-state index contributed by atoms with van der Waals surface area (Å²) in [5, 5.41) is 4.03. The summed E-state index contributed by atoms with van der Waals surface area (Å²) < 4.78 is 1.57. The normalized spacial score (nSPS) is 20.8. The highest BCUT2D eigenvalue weighted by Gasteiger charge is 2.24. The van der Waals surface area contributed by atoms with Crippen LogP contribution in [0, 0.1) is 5.92 Å². The number of anilines is 1. The van der Waals surface area contributed by atoms with Crippen molar-refractivity contribution in [2.45, 2.75) is 32.6 Å². The smallest absolute Gasteiger partial charge is 0.274 e. The highest BCUT2D eigenvalue weighted by molar-refractivity contribution is 5.97. The van der Waals surface area contributed by atoms with Crippen molar-refractivity contribution in [1.82, 2.24) is 14.7 Å². The second-order valence-electron chi connectivity index (χ2n) is 5.07. The third-order valence-corrected chi connectivity index (χ3v) is 3.88. The first kappa shape index (κ1) is 12.9. The predicted molar refractivity (Wildman–Crippen MR) is 71.2 cm³/mol. The van der Waals surface area contributed by atoms with Gasteiger partial charge in [0.2, 0.25) is 0 Å². The topological polar surface area (TPSA) is 64.2 Å². The Bertz CT molecular complexity index is 407. The zero-order valence-corrected chi connectivity index (χ0v) is 11.2. The summed E-state index contributed by atoms with van der Waals surface area (Å²) in [6.45, 7) is 3.89. The van der Waals surface area contributed by atoms with Crippen molar-refractivity contribution in [2.75, 3.05) is 18.8 Å². The number of carbonyl (C=O) groups is 1. The molecule has 0 radical (unpaired) electrons. The number of carbonyl (C=O) groups excluding carboxylic acids is 1. The van der Waals surface area contributed by atoms with Crippen molar-refractivity contribution < 1.29 is 4.79 Å². The molecule has 1 aromatic heterocycles. The van der Waals surface area contributed by atoms with E-state index in [2.05, 4.69) is 12.0 Å². The number of aryl methyl sites for hydroxylation is 1. The van der Waals surface area contributed by atoms with Gasteiger partial charge in [-0.3, -0.25) is 9.48 Å². The van der Waals surface area contributed by atoms with Crippen molar-refractivity contribution in [3.63, 3.8) is 0 Å². The van der Waals surface area contributed by atoms with Crippen LogP contribution in [0.3, 0.4) is 0 Å². The summed E-state index contributed by atoms with van der Waals surface area (Å²) in [6.07, 6.45) is 6.15. The van der Waals surface area contributed by atoms with Gasteiger partial charge in [0, 0.05) is 20.1 Å². The largest absolute Gasteiger partial charge is 0.396 e. The third kappa shape index (κ3) is 2.49. The fourth-order valence-corrected chi connectivity index (χ4v) is 2.64. The minimum Gasteiger partial charge on any atom is -0.396 e. The number of nitrogens with two attached hydrogens (primary N) is 1. The Balaban J connectivity index is 2.10. The van der Waals surface area contributed by atoms with Crippen LogP contribution in [0.25, 0.3) is 0 Å². The van der Waals surface area contributed by atoms with E-state index in [0.29, 0.717) is 11.4 Å². The molecule has 1 aliphatic rings. The van der Waals surface area contributed by atoms with Crippen LogP contribution in [0.15, 0.2) is 6.20 Å². The van der Waals surface area contributed by atoms with Gasteiger partial charge >= 0.3 is 0 Å². The van der Waals surface area contributed by atoms with Gasteiger partial charge in [0.1, 0.15) is 5.69 Å². The Labute approximate surface area is 108 Å². The number of hydrogen-bond acceptors (Lipinski definition) is 3. The average molecular weight is 250 g/mol. The van der Waals surface area contributed by atoms with E-state index in [9.17, 15) is 4.79 Å². The van der Waals surface area contributed by atoms with Crippen LogP contribution < -0.4 is 5.73 Å². The van der Waals surface area contributed by atoms with E-state index in [1.54, 1.807) is 17.9 Å². The van der Waals surface area contributed by atoms with Crippen molar-refractivity contribution >= 4 is 11.6 Å². The molecule has 1 unspecified atom stereocenters. The molecule has 0 aromatic carbocycles. The molecule has 5 nitrogen and oxygen atoms in total. The molecule has 18 heavy (non-hydrogen) atoms. The van der Waals surface area contributed by atoms with Gasteiger partial charge in [-0.1, -0.05) is 13.3 Å². The van der Waals surface area contributed by atoms with Crippen molar-refractivity contribution in [3.8, 4) is 0 Å². The number of amides is 1. The molecule has 1 saturated heterocycles. The molecular weight excluding hydrogens is 228 g/mol. The van der Waals surface area contributed by atoms with E-state index in [1.165, 1.54) is 12.8 Å². The molecule has 0 saturated carbocycles. The number of likely N-dealkylation sites (tertiary alicyclic amines) is 1. The molecule has 1 amide bonds. The van der Waals surface area contributed by atoms with Crippen molar-refractivity contribution in [3.05, 3.63) is 11.9 Å². The second kappa shape index (κ2) is 5.42. The quantitative estimate of drug-likeness (QED) is 0.868. The zero-order chi connectivity index (χ0) is 13.1. The maximum atomic E-state index is 12.4. The SMILES string of the molecule is CCC1CCCN(C(=O)c2c(N)cnn2C)CC1. The van der Waals surface area contributed by atoms with Gasteiger partial charge in [0.25, 0.3) is 5.91 Å². The molecule has 2 rings (SSSR count). The fourth-order valence-electron chi connectivity index (χ4n) is 2.64. The lowest BCUT2D eigenvalue weighted by Gasteiger charge is -2.20. The second-order valence-corrected chi connectivity index (χ2v) is 5.07. The molecule has 1 aromatic rings. The lowest BCUT2D eigenvalue weighted by atomic mass is 9.98. The Morgan fingerprint density at radius 1 is 1.50 bits per heavy atom. The number of nitrogens with zero attached hydrogens (tertiary/aromatic N) is 3. The Hall–Kier alpha value is -1.52. The van der Waals surface area contributed by atoms with Gasteiger partial charge in [-0.25, -0.2) is 0 Å². The first-order valence-corrected chi connectivity index (χ1v) is 6.70. The molecule has 0 bridgehead atoms. The van der Waals surface area contributed by atoms with Crippen LogP contribution in [-0.4, -0.2) is 33.7 Å². The Morgan fingerprint density at radius 2 is 2.28 bits per heavy atom. The minimum absolute atomic E-state index is 0.0178. The van der Waals surface area contributed by atoms with Crippen molar-refractivity contribution in [1.29, 1.82) is 0 Å². The molecule has 5 heteroatoms. The first-order valence-electron chi connectivity index (χ1n) is 6.70. The maximum Gasteiger partial charge on any atom is 0.274 e. The number of rotatable bonds is 2. The van der Waals surface area contributed by atoms with E-state index >= 15 is 0 Å². The van der Waals surface area contributed by atoms with Crippen LogP contribution in [0.2, 0.25) is 0 Å². The molecule has 1 fully saturated rings. The Morgan fingerprint density at radius 3 is 2.89 bits per heavy atom. The monoisotopic (exact) mass is 250 g/mol. The summed E-state index contributed by atoms with van der Waals surface area (Å²) in [5.74, 6) is 0.774. The van der Waals surface area contributed by atoms with E-state index in [4.69, 9.17) is 5.73 Å². The molecule has 0 spiro atoms. The summed E-state index contributed by atoms with van der Waals surface area (Å²) in [7, 11) is 1.76. The highest BCUT2D eigenvalue weighted by atomic mass is 16.2. The summed E-state index contributed by atoms with van der Waals surface area (Å²) in [4.78, 5) is 14.4. The van der Waals surface area contributed by atoms with Crippen LogP contribution >= 0.6 is 0 Å². The summed E-state index contributed by atoms with van der Waals surface area (Å²) in [5.41, 5.74) is 6.80. The van der Waals surface area contributed by atoms with Crippen LogP contribution in [0.1, 0.15) is 43.1 Å². The molecule has 0 aliphatic carbocycles. The molecule has 1 atom stereocenters. The van der Waals surface area contributed by atoms with Crippen LogP contribution in [0.5, 0.6) is 0 Å².